The van der Waals surface area contributed by atoms with E-state index in [0.29, 0.717) is 16.9 Å². The fraction of sp³-hybridized carbons (Fsp3) is 0.0556. The third-order valence-corrected chi connectivity index (χ3v) is 3.61. The van der Waals surface area contributed by atoms with Crippen molar-refractivity contribution in [2.75, 3.05) is 7.11 Å². The van der Waals surface area contributed by atoms with Crippen molar-refractivity contribution in [1.82, 2.24) is 16.2 Å². The molecule has 0 aliphatic carbocycles. The quantitative estimate of drug-likeness (QED) is 0.303. The van der Waals surface area contributed by atoms with Gasteiger partial charge in [0.05, 0.1) is 17.6 Å². The topological polar surface area (TPSA) is 123 Å². The van der Waals surface area contributed by atoms with Crippen LogP contribution in [-0.2, 0) is 4.79 Å². The van der Waals surface area contributed by atoms with E-state index in [2.05, 4.69) is 16.2 Å². The van der Waals surface area contributed by atoms with E-state index in [-0.39, 0.29) is 10.8 Å². The summed E-state index contributed by atoms with van der Waals surface area (Å²) in [6, 6.07) is 12.3. The predicted molar refractivity (Wildman–Crippen MR) is 106 cm³/mol. The third-order valence-electron chi connectivity index (χ3n) is 3.41. The van der Waals surface area contributed by atoms with Crippen molar-refractivity contribution >= 4 is 40.9 Å². The molecule has 0 aliphatic rings. The molecule has 0 unspecified atom stereocenters. The molecule has 0 aromatic heterocycles. The number of methoxy groups -OCH3 is 1. The van der Waals surface area contributed by atoms with Crippen molar-refractivity contribution in [3.05, 3.63) is 75.8 Å². The molecule has 0 radical (unpaired) electrons. The molecule has 0 aliphatic heterocycles. The van der Waals surface area contributed by atoms with Crippen molar-refractivity contribution in [1.29, 1.82) is 0 Å². The molecule has 2 aromatic carbocycles. The van der Waals surface area contributed by atoms with Gasteiger partial charge in [-0.15, -0.1) is 0 Å². The Bertz CT molecular complexity index is 928. The average Bonchev–Trinajstić information content (AvgIpc) is 2.70. The lowest BCUT2D eigenvalue weighted by Gasteiger charge is -2.11. The fourth-order valence-corrected chi connectivity index (χ4v) is 2.23. The first-order valence-electron chi connectivity index (χ1n) is 7.87. The molecule has 2 aromatic rings. The summed E-state index contributed by atoms with van der Waals surface area (Å²) in [7, 11) is 1.45. The Hall–Kier alpha value is -3.79. The van der Waals surface area contributed by atoms with Gasteiger partial charge in [-0.05, 0) is 48.1 Å². The number of para-hydroxylation sites is 1. The van der Waals surface area contributed by atoms with Crippen LogP contribution in [0.5, 0.6) is 5.75 Å². The van der Waals surface area contributed by atoms with Crippen LogP contribution in [0.1, 0.15) is 15.9 Å². The van der Waals surface area contributed by atoms with Crippen LogP contribution in [0.2, 0.25) is 0 Å². The van der Waals surface area contributed by atoms with Crippen molar-refractivity contribution in [3.8, 4) is 5.75 Å². The van der Waals surface area contributed by atoms with Crippen molar-refractivity contribution in [2.45, 2.75) is 0 Å². The van der Waals surface area contributed by atoms with Crippen LogP contribution < -0.4 is 20.9 Å². The van der Waals surface area contributed by atoms with E-state index in [1.807, 2.05) is 0 Å². The smallest absolute Gasteiger partial charge is 0.273 e. The van der Waals surface area contributed by atoms with E-state index < -0.39 is 16.7 Å². The fourth-order valence-electron chi connectivity index (χ4n) is 2.08. The molecule has 144 valence electrons. The number of hydrazine groups is 1. The van der Waals surface area contributed by atoms with Gasteiger partial charge in [0.25, 0.3) is 11.6 Å². The number of hydrogen-bond donors (Lipinski definition) is 3. The first-order valence-corrected chi connectivity index (χ1v) is 8.28. The summed E-state index contributed by atoms with van der Waals surface area (Å²) < 4.78 is 5.09. The second-order valence-corrected chi connectivity index (χ2v) is 5.69. The summed E-state index contributed by atoms with van der Waals surface area (Å²) in [5.41, 5.74) is 5.63. The average molecular weight is 400 g/mol. The first kappa shape index (κ1) is 20.5. The van der Waals surface area contributed by atoms with E-state index in [9.17, 15) is 19.7 Å². The molecule has 0 saturated heterocycles. The normalized spacial score (nSPS) is 10.2. The lowest BCUT2D eigenvalue weighted by Crippen LogP contribution is -2.48. The second kappa shape index (κ2) is 9.78. The molecule has 0 bridgehead atoms. The van der Waals surface area contributed by atoms with Crippen LogP contribution in [-0.4, -0.2) is 29.0 Å². The van der Waals surface area contributed by atoms with Gasteiger partial charge in [-0.2, -0.15) is 0 Å². The number of carbonyl (C=O) groups excluding carboxylic acids is 2. The zero-order valence-electron chi connectivity index (χ0n) is 14.7. The predicted octanol–water partition coefficient (Wildman–Crippen LogP) is 1.95. The number of nitro benzene ring substituents is 1. The van der Waals surface area contributed by atoms with Crippen LogP contribution in [0.3, 0.4) is 0 Å². The SMILES string of the molecule is COc1ccccc1C(=O)NNC(=S)NC(=O)/C=C/c1ccc([N+](=O)[O-])cc1. The van der Waals surface area contributed by atoms with Gasteiger partial charge >= 0.3 is 0 Å². The first-order chi connectivity index (χ1) is 13.4. The van der Waals surface area contributed by atoms with E-state index >= 15 is 0 Å². The van der Waals surface area contributed by atoms with Gasteiger partial charge in [0.15, 0.2) is 5.11 Å². The van der Waals surface area contributed by atoms with Crippen molar-refractivity contribution < 1.29 is 19.2 Å². The Labute approximate surface area is 165 Å². The number of non-ortho nitro benzene ring substituents is 1. The lowest BCUT2D eigenvalue weighted by atomic mass is 10.2. The lowest BCUT2D eigenvalue weighted by molar-refractivity contribution is -0.384. The summed E-state index contributed by atoms with van der Waals surface area (Å²) in [5, 5.41) is 12.8. The number of nitrogens with zero attached hydrogens (tertiary/aromatic N) is 1. The van der Waals surface area contributed by atoms with Gasteiger partial charge in [0.2, 0.25) is 5.91 Å². The van der Waals surface area contributed by atoms with Crippen LogP contribution in [0.15, 0.2) is 54.6 Å². The van der Waals surface area contributed by atoms with Gasteiger partial charge in [-0.3, -0.25) is 35.9 Å². The largest absolute Gasteiger partial charge is 0.496 e. The standard InChI is InChI=1S/C18H16N4O5S/c1-27-15-5-3-2-4-14(15)17(24)20-21-18(28)19-16(23)11-8-12-6-9-13(10-7-12)22(25)26/h2-11H,1H3,(H,20,24)(H2,19,21,23,28)/b11-8+. The Morgan fingerprint density at radius 2 is 1.79 bits per heavy atom. The molecule has 0 spiro atoms. The van der Waals surface area contributed by atoms with Crippen LogP contribution >= 0.6 is 12.2 Å². The summed E-state index contributed by atoms with van der Waals surface area (Å²) >= 11 is 4.94. The number of nitrogens with one attached hydrogen (secondary N) is 3. The van der Waals surface area contributed by atoms with Gasteiger partial charge in [0, 0.05) is 18.2 Å². The highest BCUT2D eigenvalue weighted by molar-refractivity contribution is 7.80. The maximum absolute atomic E-state index is 12.1. The molecule has 28 heavy (non-hydrogen) atoms. The third kappa shape index (κ3) is 5.88. The number of nitro groups is 1. The molecule has 2 rings (SSSR count). The zero-order valence-corrected chi connectivity index (χ0v) is 15.5. The molecule has 0 heterocycles. The molecule has 0 saturated carbocycles. The Morgan fingerprint density at radius 3 is 2.43 bits per heavy atom. The van der Waals surface area contributed by atoms with Crippen LogP contribution in [0, 0.1) is 10.1 Å². The van der Waals surface area contributed by atoms with Gasteiger partial charge in [0.1, 0.15) is 5.75 Å². The van der Waals surface area contributed by atoms with Crippen LogP contribution in [0.4, 0.5) is 5.69 Å². The number of ether oxygens (including phenoxy) is 1. The Kier molecular flexibility index (Phi) is 7.17. The monoisotopic (exact) mass is 400 g/mol. The minimum Gasteiger partial charge on any atom is -0.496 e. The van der Waals surface area contributed by atoms with Gasteiger partial charge in [-0.25, -0.2) is 0 Å². The highest BCUT2D eigenvalue weighted by atomic mass is 32.1. The Morgan fingerprint density at radius 1 is 1.11 bits per heavy atom. The molecule has 9 nitrogen and oxygen atoms in total. The highest BCUT2D eigenvalue weighted by Crippen LogP contribution is 2.16. The maximum Gasteiger partial charge on any atom is 0.273 e. The molecular weight excluding hydrogens is 384 g/mol. The highest BCUT2D eigenvalue weighted by Gasteiger charge is 2.11. The number of thiocarbonyl (C=S) groups is 1. The maximum atomic E-state index is 12.1. The number of hydrogen-bond acceptors (Lipinski definition) is 6. The van der Waals surface area contributed by atoms with E-state index in [0.717, 1.165) is 0 Å². The molecule has 3 N–H and O–H groups in total. The number of benzene rings is 2. The molecule has 0 atom stereocenters. The summed E-state index contributed by atoms with van der Waals surface area (Å²) in [6.07, 6.45) is 2.67. The summed E-state index contributed by atoms with van der Waals surface area (Å²) in [5.74, 6) is -0.638. The second-order valence-electron chi connectivity index (χ2n) is 5.28. The Balaban J connectivity index is 1.84. The van der Waals surface area contributed by atoms with E-state index in [1.165, 1.54) is 43.5 Å². The molecular formula is C18H16N4O5S. The van der Waals surface area contributed by atoms with Gasteiger partial charge < -0.3 is 4.74 Å². The summed E-state index contributed by atoms with van der Waals surface area (Å²) in [4.78, 5) is 34.1. The summed E-state index contributed by atoms with van der Waals surface area (Å²) in [6.45, 7) is 0. The number of carbonyl (C=O) groups is 2. The molecule has 0 fully saturated rings. The molecule has 10 heteroatoms. The molecule has 2 amide bonds. The zero-order chi connectivity index (χ0) is 20.5. The van der Waals surface area contributed by atoms with E-state index in [4.69, 9.17) is 17.0 Å². The minimum atomic E-state index is -0.539. The number of amides is 2. The minimum absolute atomic E-state index is 0.0437. The van der Waals surface area contributed by atoms with Crippen molar-refractivity contribution in [3.63, 3.8) is 0 Å². The van der Waals surface area contributed by atoms with Gasteiger partial charge in [-0.1, -0.05) is 12.1 Å². The van der Waals surface area contributed by atoms with E-state index in [1.54, 1.807) is 24.3 Å². The number of rotatable bonds is 5. The van der Waals surface area contributed by atoms with Crippen LogP contribution in [0.25, 0.3) is 6.08 Å². The van der Waals surface area contributed by atoms with Crippen molar-refractivity contribution in [2.24, 2.45) is 0 Å².